The Balaban J connectivity index is 0.00000110. The van der Waals surface area contributed by atoms with Crippen LogP contribution in [0.4, 0.5) is 0 Å². The molecule has 150 valence electrons. The van der Waals surface area contributed by atoms with Crippen LogP contribution in [0.25, 0.3) is 5.03 Å². The van der Waals surface area contributed by atoms with Gasteiger partial charge in [0.25, 0.3) is 0 Å². The molecule has 0 amide bonds. The second-order valence-corrected chi connectivity index (χ2v) is 8.47. The van der Waals surface area contributed by atoms with Crippen molar-refractivity contribution in [2.45, 2.75) is 19.6 Å². The summed E-state index contributed by atoms with van der Waals surface area (Å²) >= 11 is 6.37. The minimum Gasteiger partial charge on any atom is -0.324 e. The highest BCUT2D eigenvalue weighted by atomic mass is 35.7. The van der Waals surface area contributed by atoms with E-state index < -0.39 is 23.6 Å². The lowest BCUT2D eigenvalue weighted by atomic mass is 10.2. The number of hydrogen-bond donors (Lipinski definition) is 1. The third-order valence-corrected chi connectivity index (χ3v) is 5.83. The number of benzene rings is 1. The van der Waals surface area contributed by atoms with Gasteiger partial charge in [0.15, 0.2) is 0 Å². The van der Waals surface area contributed by atoms with Gasteiger partial charge in [0, 0.05) is 6.08 Å². The molecule has 1 aromatic rings. The monoisotopic (exact) mass is 431 g/mol. The van der Waals surface area contributed by atoms with Crippen molar-refractivity contribution in [3.63, 3.8) is 0 Å². The van der Waals surface area contributed by atoms with Crippen molar-refractivity contribution in [2.24, 2.45) is 0 Å². The highest BCUT2D eigenvalue weighted by Gasteiger charge is 2.39. The van der Waals surface area contributed by atoms with Crippen molar-refractivity contribution in [3.8, 4) is 0 Å². The van der Waals surface area contributed by atoms with Gasteiger partial charge in [-0.2, -0.15) is 0 Å². The van der Waals surface area contributed by atoms with Crippen LogP contribution >= 0.6 is 19.2 Å². The van der Waals surface area contributed by atoms with Crippen molar-refractivity contribution >= 4 is 24.2 Å². The first-order chi connectivity index (χ1) is 11.9. The van der Waals surface area contributed by atoms with Gasteiger partial charge >= 0.3 is 7.60 Å². The van der Waals surface area contributed by atoms with E-state index in [2.05, 4.69) is 0 Å². The number of nitrogens with one attached hydrogen (secondary N) is 1. The van der Waals surface area contributed by atoms with E-state index in [1.54, 1.807) is 19.9 Å². The summed E-state index contributed by atoms with van der Waals surface area (Å²) in [6, 6.07) is 9.56. The Morgan fingerprint density at radius 1 is 1.15 bits per heavy atom. The van der Waals surface area contributed by atoms with Crippen LogP contribution in [0.5, 0.6) is 0 Å². The highest BCUT2D eigenvalue weighted by molar-refractivity contribution is 7.54. The minimum atomic E-state index is -4.94. The fourth-order valence-corrected chi connectivity index (χ4v) is 4.38. The lowest BCUT2D eigenvalue weighted by Gasteiger charge is -2.26. The Morgan fingerprint density at radius 3 is 1.92 bits per heavy atom. The molecular weight excluding hydrogens is 408 g/mol. The van der Waals surface area contributed by atoms with Gasteiger partial charge in [-0.15, -0.1) is 10.2 Å². The van der Waals surface area contributed by atoms with Gasteiger partial charge in [-0.3, -0.25) is 4.57 Å². The summed E-state index contributed by atoms with van der Waals surface area (Å²) in [7, 11) is -4.39. The summed E-state index contributed by atoms with van der Waals surface area (Å²) in [5.74, 6) is -0.454. The summed E-state index contributed by atoms with van der Waals surface area (Å²) in [5.41, 5.74) is 0.880. The van der Waals surface area contributed by atoms with Crippen LogP contribution < -0.4 is 23.5 Å². The van der Waals surface area contributed by atoms with Crippen LogP contribution in [-0.4, -0.2) is 33.1 Å². The molecule has 0 radical (unpaired) electrons. The normalized spacial score (nSPS) is 14.0. The average Bonchev–Trinajstić information content (AvgIpc) is 2.51. The quantitative estimate of drug-likeness (QED) is 0.482. The maximum Gasteiger partial charge on any atom is 0.391 e. The molecule has 26 heavy (non-hydrogen) atoms. The summed E-state index contributed by atoms with van der Waals surface area (Å²) in [6.07, 6.45) is 1.76. The molecule has 1 N–H and O–H groups in total. The van der Waals surface area contributed by atoms with E-state index in [0.29, 0.717) is 18.2 Å². The predicted molar refractivity (Wildman–Crippen MR) is 87.7 cm³/mol. The van der Waals surface area contributed by atoms with E-state index in [1.807, 2.05) is 44.4 Å². The average molecular weight is 432 g/mol. The van der Waals surface area contributed by atoms with Crippen molar-refractivity contribution in [1.82, 2.24) is 0 Å². The Labute approximate surface area is 160 Å². The topological polar surface area (TPSA) is 132 Å². The summed E-state index contributed by atoms with van der Waals surface area (Å²) in [4.78, 5) is 0.939. The zero-order valence-electron chi connectivity index (χ0n) is 15.0. The Kier molecular flexibility index (Phi) is 11.8. The zero-order valence-corrected chi connectivity index (χ0v) is 17.4. The molecule has 0 saturated heterocycles. The molecule has 0 aliphatic heterocycles. The van der Waals surface area contributed by atoms with Gasteiger partial charge in [-0.05, 0) is 19.4 Å². The molecule has 1 rings (SSSR count). The molecule has 0 saturated carbocycles. The fraction of sp³-hybridized carbons (Fsp3) is 0.467. The van der Waals surface area contributed by atoms with Gasteiger partial charge in [0.05, 0.1) is 32.3 Å². The highest BCUT2D eigenvalue weighted by Crippen LogP contribution is 2.51. The van der Waals surface area contributed by atoms with Gasteiger partial charge in [0.2, 0.25) is 5.78 Å². The van der Waals surface area contributed by atoms with E-state index in [0.717, 1.165) is 10.5 Å². The molecule has 1 aromatic carbocycles. The van der Waals surface area contributed by atoms with E-state index in [-0.39, 0.29) is 0 Å². The van der Waals surface area contributed by atoms with Crippen molar-refractivity contribution in [2.75, 3.05) is 27.3 Å². The molecule has 0 heterocycles. The third-order valence-electron chi connectivity index (χ3n) is 2.90. The first kappa shape index (κ1) is 25.5. The molecule has 0 aliphatic rings. The van der Waals surface area contributed by atoms with Crippen molar-refractivity contribution in [3.05, 3.63) is 42.0 Å². The molecule has 11 heteroatoms. The molecule has 1 atom stereocenters. The molecule has 0 aliphatic carbocycles. The maximum absolute atomic E-state index is 13.0. The number of quaternary nitrogens is 1. The van der Waals surface area contributed by atoms with Crippen molar-refractivity contribution in [1.29, 1.82) is 0 Å². The summed E-state index contributed by atoms with van der Waals surface area (Å²) in [6.45, 7) is 4.27. The smallest absolute Gasteiger partial charge is 0.324 e. The zero-order chi connectivity index (χ0) is 20.4. The molecule has 0 bridgehead atoms. The standard InChI is InChI=1S/C15H23ClNO3P.ClHO4/c1-5-19-21(18,20-6-2)15(17(3)4)12-14(16)13-10-8-7-9-11-13;2-1(3,4)5/h7-12,15H,5-6H2,1-4H3;(H,2,3,4,5). The first-order valence-electron chi connectivity index (χ1n) is 7.68. The van der Waals surface area contributed by atoms with Crippen LogP contribution in [-0.2, 0) is 13.6 Å². The fourth-order valence-electron chi connectivity index (χ4n) is 1.96. The number of halogens is 2. The van der Waals surface area contributed by atoms with Gasteiger partial charge in [-0.1, -0.05) is 41.9 Å². The minimum absolute atomic E-state index is 0.331. The molecule has 1 unspecified atom stereocenters. The molecule has 8 nitrogen and oxygen atoms in total. The lowest BCUT2D eigenvalue weighted by Crippen LogP contribution is -3.09. The van der Waals surface area contributed by atoms with Gasteiger partial charge < -0.3 is 13.9 Å². The molecule has 0 aromatic heterocycles. The van der Waals surface area contributed by atoms with Gasteiger partial charge in [0.1, 0.15) is 0 Å². The Bertz CT molecular complexity index is 577. The van der Waals surface area contributed by atoms with E-state index in [1.165, 1.54) is 0 Å². The summed E-state index contributed by atoms with van der Waals surface area (Å²) < 4.78 is 57.8. The SMILES string of the molecule is CCOP(=O)(OCC)C(C=C(Cl)c1ccccc1)[NH+](C)C.[O-][Cl+3]([O-])([O-])[O-]. The van der Waals surface area contributed by atoms with Crippen LogP contribution in [0.1, 0.15) is 19.4 Å². The lowest BCUT2D eigenvalue weighted by molar-refractivity contribution is -2.00. The van der Waals surface area contributed by atoms with E-state index in [4.69, 9.17) is 39.3 Å². The Morgan fingerprint density at radius 2 is 1.58 bits per heavy atom. The van der Waals surface area contributed by atoms with Gasteiger partial charge in [-0.25, -0.2) is 18.6 Å². The van der Waals surface area contributed by atoms with Crippen LogP contribution in [0.15, 0.2) is 36.4 Å². The first-order valence-corrected chi connectivity index (χ1v) is 10.9. The predicted octanol–water partition coefficient (Wildman–Crippen LogP) is -1.75. The van der Waals surface area contributed by atoms with E-state index >= 15 is 0 Å². The number of hydrogen-bond acceptors (Lipinski definition) is 7. The third kappa shape index (κ3) is 10.6. The largest absolute Gasteiger partial charge is 0.391 e. The van der Waals surface area contributed by atoms with Crippen LogP contribution in [0, 0.1) is 10.2 Å². The molecule has 0 spiro atoms. The number of rotatable bonds is 8. The molecular formula is C15H24Cl2NO7P. The van der Waals surface area contributed by atoms with Crippen molar-refractivity contribution < 1.29 is 47.4 Å². The summed E-state index contributed by atoms with van der Waals surface area (Å²) in [5, 5.41) is 0.543. The second-order valence-electron chi connectivity index (χ2n) is 5.16. The maximum atomic E-state index is 13.0. The van der Waals surface area contributed by atoms with E-state index in [9.17, 15) is 4.57 Å². The number of likely N-dealkylation sites (N-methyl/N-ethyl adjacent to an activating group) is 1. The Hall–Kier alpha value is -0.510. The van der Waals surface area contributed by atoms with Crippen LogP contribution in [0.2, 0.25) is 0 Å². The van der Waals surface area contributed by atoms with Crippen LogP contribution in [0.3, 0.4) is 0 Å². The second kappa shape index (κ2) is 12.0. The molecule has 0 fully saturated rings.